The molecule has 4 bridgehead atoms. The second kappa shape index (κ2) is 4.98. The predicted octanol–water partition coefficient (Wildman–Crippen LogP) is 0.836. The Bertz CT molecular complexity index is 252. The summed E-state index contributed by atoms with van der Waals surface area (Å²) in [5.74, 6) is 3.30. The van der Waals surface area contributed by atoms with Crippen molar-refractivity contribution in [3.05, 3.63) is 0 Å². The number of quaternary nitrogens is 1. The van der Waals surface area contributed by atoms with E-state index in [1.165, 1.54) is 24.1 Å². The Labute approximate surface area is 119 Å². The van der Waals surface area contributed by atoms with Crippen LogP contribution in [-0.4, -0.2) is 29.7 Å². The Kier molecular flexibility index (Phi) is 4.05. The molecule has 0 aliphatic heterocycles. The van der Waals surface area contributed by atoms with Gasteiger partial charge in [-0.05, 0) is 57.8 Å². The lowest BCUT2D eigenvalue weighted by atomic mass is 9.51. The van der Waals surface area contributed by atoms with Gasteiger partial charge in [-0.1, -0.05) is 0 Å². The average molecular weight is 272 g/mol. The minimum atomic E-state index is 0. The van der Waals surface area contributed by atoms with Crippen molar-refractivity contribution >= 4 is 0 Å². The molecule has 0 N–H and O–H groups in total. The molecule has 2 heteroatoms. The Morgan fingerprint density at radius 2 is 1.11 bits per heavy atom. The summed E-state index contributed by atoms with van der Waals surface area (Å²) in [6.07, 6.45) is 9.43. The van der Waals surface area contributed by atoms with Gasteiger partial charge in [-0.25, -0.2) is 0 Å². The molecule has 0 saturated heterocycles. The summed E-state index contributed by atoms with van der Waals surface area (Å²) in [7, 11) is 0. The summed E-state index contributed by atoms with van der Waals surface area (Å²) >= 11 is 0. The molecule has 106 valence electrons. The Morgan fingerprint density at radius 3 is 1.39 bits per heavy atom. The van der Waals surface area contributed by atoms with Crippen LogP contribution in [0.1, 0.15) is 59.3 Å². The van der Waals surface area contributed by atoms with Crippen LogP contribution in [-0.2, 0) is 0 Å². The first-order chi connectivity index (χ1) is 8.17. The van der Waals surface area contributed by atoms with Crippen LogP contribution < -0.4 is 12.4 Å². The van der Waals surface area contributed by atoms with Gasteiger partial charge in [-0.2, -0.15) is 0 Å². The molecule has 0 atom stereocenters. The van der Waals surface area contributed by atoms with Gasteiger partial charge in [0.25, 0.3) is 0 Å². The minimum absolute atomic E-state index is 0. The van der Waals surface area contributed by atoms with Gasteiger partial charge in [0.15, 0.2) is 0 Å². The molecule has 4 aliphatic carbocycles. The maximum Gasteiger partial charge on any atom is 0.1000 e. The van der Waals surface area contributed by atoms with Crippen LogP contribution in [0.15, 0.2) is 0 Å². The largest absolute Gasteiger partial charge is 1.00 e. The van der Waals surface area contributed by atoms with Crippen LogP contribution in [0.25, 0.3) is 0 Å². The highest BCUT2D eigenvalue weighted by atomic mass is 35.5. The van der Waals surface area contributed by atoms with E-state index >= 15 is 0 Å². The maximum absolute atomic E-state index is 2.44. The zero-order valence-corrected chi connectivity index (χ0v) is 13.2. The fourth-order valence-electron chi connectivity index (χ4n) is 6.32. The number of hydrogen-bond donors (Lipinski definition) is 0. The van der Waals surface area contributed by atoms with Gasteiger partial charge in [0.2, 0.25) is 0 Å². The molecule has 1 nitrogen and oxygen atoms in total. The predicted molar refractivity (Wildman–Crippen MR) is 72.8 cm³/mol. The molecule has 0 spiro atoms. The molecule has 0 radical (unpaired) electrons. The first-order valence-corrected chi connectivity index (χ1v) is 8.03. The van der Waals surface area contributed by atoms with Gasteiger partial charge in [-0.3, -0.25) is 0 Å². The quantitative estimate of drug-likeness (QED) is 0.665. The molecule has 0 unspecified atom stereocenters. The van der Waals surface area contributed by atoms with E-state index < -0.39 is 0 Å². The highest BCUT2D eigenvalue weighted by Crippen LogP contribution is 2.59. The second-order valence-corrected chi connectivity index (χ2v) is 7.24. The Balaban J connectivity index is 0.00000120. The SMILES string of the molecule is CC[N+](CC)(CC)C12CC3CC(CC(C3)C1)C2.[Cl-]. The summed E-state index contributed by atoms with van der Waals surface area (Å²) < 4.78 is 1.43. The molecule has 0 aromatic carbocycles. The summed E-state index contributed by atoms with van der Waals surface area (Å²) in [5.41, 5.74) is 0.701. The van der Waals surface area contributed by atoms with Gasteiger partial charge < -0.3 is 16.9 Å². The smallest absolute Gasteiger partial charge is 0.1000 e. The van der Waals surface area contributed by atoms with Gasteiger partial charge in [0.1, 0.15) is 0 Å². The van der Waals surface area contributed by atoms with Crippen molar-refractivity contribution in [1.82, 2.24) is 0 Å². The molecule has 4 aliphatic rings. The van der Waals surface area contributed by atoms with Crippen molar-refractivity contribution in [2.24, 2.45) is 17.8 Å². The zero-order valence-electron chi connectivity index (χ0n) is 12.4. The summed E-state index contributed by atoms with van der Waals surface area (Å²) in [6.45, 7) is 11.4. The lowest BCUT2D eigenvalue weighted by Gasteiger charge is -2.64. The average Bonchev–Trinajstić information content (AvgIpc) is 2.29. The molecular weight excluding hydrogens is 242 g/mol. The topological polar surface area (TPSA) is 0 Å². The fraction of sp³-hybridized carbons (Fsp3) is 1.00. The number of nitrogens with zero attached hydrogens (tertiary/aromatic N) is 1. The Morgan fingerprint density at radius 1 is 0.778 bits per heavy atom. The van der Waals surface area contributed by atoms with E-state index in [0.717, 1.165) is 17.8 Å². The molecule has 18 heavy (non-hydrogen) atoms. The van der Waals surface area contributed by atoms with Gasteiger partial charge in [-0.15, -0.1) is 0 Å². The third-order valence-corrected chi connectivity index (χ3v) is 6.83. The number of halogens is 1. The van der Waals surface area contributed by atoms with E-state index in [9.17, 15) is 0 Å². The van der Waals surface area contributed by atoms with Crippen LogP contribution in [0.4, 0.5) is 0 Å². The second-order valence-electron chi connectivity index (χ2n) is 7.24. The minimum Gasteiger partial charge on any atom is -1.00 e. The third kappa shape index (κ3) is 1.85. The van der Waals surface area contributed by atoms with E-state index in [2.05, 4.69) is 20.8 Å². The number of rotatable bonds is 4. The van der Waals surface area contributed by atoms with Crippen molar-refractivity contribution in [3.63, 3.8) is 0 Å². The van der Waals surface area contributed by atoms with E-state index in [0.29, 0.717) is 5.54 Å². The van der Waals surface area contributed by atoms with Crippen molar-refractivity contribution in [2.45, 2.75) is 64.8 Å². The summed E-state index contributed by atoms with van der Waals surface area (Å²) in [4.78, 5) is 0. The first kappa shape index (κ1) is 14.7. The van der Waals surface area contributed by atoms with Crippen LogP contribution >= 0.6 is 0 Å². The number of hydrogen-bond acceptors (Lipinski definition) is 0. The molecule has 0 amide bonds. The fourth-order valence-corrected chi connectivity index (χ4v) is 6.32. The molecule has 0 aromatic heterocycles. The molecule has 0 heterocycles. The lowest BCUT2D eigenvalue weighted by molar-refractivity contribution is -0.977. The van der Waals surface area contributed by atoms with Crippen molar-refractivity contribution < 1.29 is 16.9 Å². The van der Waals surface area contributed by atoms with Gasteiger partial charge in [0.05, 0.1) is 25.2 Å². The van der Waals surface area contributed by atoms with Gasteiger partial charge >= 0.3 is 0 Å². The third-order valence-electron chi connectivity index (χ3n) is 6.83. The van der Waals surface area contributed by atoms with Gasteiger partial charge in [0, 0.05) is 19.3 Å². The van der Waals surface area contributed by atoms with Crippen LogP contribution in [0.3, 0.4) is 0 Å². The van der Waals surface area contributed by atoms with E-state index in [-0.39, 0.29) is 12.4 Å². The molecule has 4 rings (SSSR count). The summed E-state index contributed by atoms with van der Waals surface area (Å²) in [5, 5.41) is 0. The van der Waals surface area contributed by atoms with Crippen molar-refractivity contribution in [1.29, 1.82) is 0 Å². The normalized spacial score (nSPS) is 41.8. The van der Waals surface area contributed by atoms with Crippen molar-refractivity contribution in [2.75, 3.05) is 19.6 Å². The monoisotopic (exact) mass is 271 g/mol. The van der Waals surface area contributed by atoms with Crippen molar-refractivity contribution in [3.8, 4) is 0 Å². The lowest BCUT2D eigenvalue weighted by Crippen LogP contribution is -3.00. The molecule has 0 aromatic rings. The summed E-state index contributed by atoms with van der Waals surface area (Å²) in [6, 6.07) is 0. The molecule has 4 saturated carbocycles. The molecule has 4 fully saturated rings. The standard InChI is InChI=1S/C16H30N.ClH/c1-4-17(5-2,6-3)16-10-13-7-14(11-16)9-15(8-13)12-16;/h13-15H,4-12H2,1-3H3;1H/q+1;/p-1. The van der Waals surface area contributed by atoms with Crippen LogP contribution in [0.2, 0.25) is 0 Å². The Hall–Kier alpha value is 0.250. The zero-order chi connectivity index (χ0) is 12.1. The molecular formula is C16H30ClN. The maximum atomic E-state index is 2.44. The highest BCUT2D eigenvalue weighted by Gasteiger charge is 2.59. The van der Waals surface area contributed by atoms with Crippen LogP contribution in [0, 0.1) is 17.8 Å². The van der Waals surface area contributed by atoms with E-state index in [1.54, 1.807) is 38.5 Å². The van der Waals surface area contributed by atoms with E-state index in [1.807, 2.05) is 0 Å². The highest BCUT2D eigenvalue weighted by molar-refractivity contribution is 5.03. The van der Waals surface area contributed by atoms with E-state index in [4.69, 9.17) is 0 Å². The first-order valence-electron chi connectivity index (χ1n) is 8.03. The van der Waals surface area contributed by atoms with Crippen LogP contribution in [0.5, 0.6) is 0 Å².